The highest BCUT2D eigenvalue weighted by atomic mass is 79.9. The van der Waals surface area contributed by atoms with E-state index in [-0.39, 0.29) is 29.4 Å². The van der Waals surface area contributed by atoms with Crippen molar-refractivity contribution >= 4 is 44.9 Å². The lowest BCUT2D eigenvalue weighted by atomic mass is 10.1. The van der Waals surface area contributed by atoms with Gasteiger partial charge in [0, 0.05) is 15.6 Å². The zero-order valence-corrected chi connectivity index (χ0v) is 19.0. The van der Waals surface area contributed by atoms with Crippen LogP contribution in [0.15, 0.2) is 76.1 Å². The van der Waals surface area contributed by atoms with Crippen LogP contribution >= 0.6 is 27.7 Å². The molecule has 3 aromatic rings. The first-order chi connectivity index (χ1) is 15.4. The number of benzene rings is 3. The van der Waals surface area contributed by atoms with Crippen LogP contribution in [0.3, 0.4) is 0 Å². The zero-order chi connectivity index (χ0) is 22.7. The number of rotatable bonds is 6. The Hall–Kier alpha value is -2.97. The smallest absolute Gasteiger partial charge is 0.293 e. The van der Waals surface area contributed by atoms with Crippen LogP contribution in [0.4, 0.5) is 13.6 Å². The van der Waals surface area contributed by atoms with Crippen molar-refractivity contribution in [3.8, 4) is 5.75 Å². The van der Waals surface area contributed by atoms with Gasteiger partial charge in [0.15, 0.2) is 0 Å². The van der Waals surface area contributed by atoms with Crippen LogP contribution in [0, 0.1) is 11.6 Å². The second-order valence-electron chi connectivity index (χ2n) is 6.96. The lowest BCUT2D eigenvalue weighted by molar-refractivity contribution is -0.123. The summed E-state index contributed by atoms with van der Waals surface area (Å²) in [7, 11) is 0. The highest BCUT2D eigenvalue weighted by Crippen LogP contribution is 2.36. The standard InChI is InChI=1S/C24H16BrF2NO3S/c25-18-7-10-21(31-14-15-5-8-19(26)9-6-15)17(11-18)12-22-23(29)28(24(30)32-22)13-16-3-1-2-4-20(16)27/h1-12H,13-14H2/b22-12-. The van der Waals surface area contributed by atoms with Crippen LogP contribution < -0.4 is 4.74 Å². The fourth-order valence-electron chi connectivity index (χ4n) is 3.08. The number of imide groups is 1. The molecule has 0 radical (unpaired) electrons. The molecule has 8 heteroatoms. The Morgan fingerprint density at radius 3 is 2.50 bits per heavy atom. The second kappa shape index (κ2) is 9.67. The monoisotopic (exact) mass is 515 g/mol. The molecule has 0 bridgehead atoms. The number of hydrogen-bond acceptors (Lipinski definition) is 4. The van der Waals surface area contributed by atoms with Crippen molar-refractivity contribution in [2.24, 2.45) is 0 Å². The number of nitrogens with zero attached hydrogens (tertiary/aromatic N) is 1. The Balaban J connectivity index is 1.55. The van der Waals surface area contributed by atoms with E-state index >= 15 is 0 Å². The minimum absolute atomic E-state index is 0.138. The van der Waals surface area contributed by atoms with Crippen molar-refractivity contribution in [2.75, 3.05) is 0 Å². The maximum Gasteiger partial charge on any atom is 0.293 e. The van der Waals surface area contributed by atoms with Crippen molar-refractivity contribution in [1.29, 1.82) is 0 Å². The molecular formula is C24H16BrF2NO3S. The van der Waals surface area contributed by atoms with Gasteiger partial charge >= 0.3 is 0 Å². The minimum atomic E-state index is -0.493. The third-order valence-corrected chi connectivity index (χ3v) is 6.13. The number of ether oxygens (including phenoxy) is 1. The second-order valence-corrected chi connectivity index (χ2v) is 8.87. The number of carbonyl (C=O) groups excluding carboxylic acids is 2. The SMILES string of the molecule is O=C1S/C(=C\c2cc(Br)ccc2OCc2ccc(F)cc2)C(=O)N1Cc1ccccc1F. The van der Waals surface area contributed by atoms with Gasteiger partial charge in [-0.05, 0) is 59.8 Å². The molecule has 3 aromatic carbocycles. The highest BCUT2D eigenvalue weighted by molar-refractivity contribution is 9.10. The van der Waals surface area contributed by atoms with E-state index in [0.717, 1.165) is 26.7 Å². The van der Waals surface area contributed by atoms with Crippen molar-refractivity contribution in [3.63, 3.8) is 0 Å². The van der Waals surface area contributed by atoms with Gasteiger partial charge in [0.25, 0.3) is 11.1 Å². The molecule has 1 fully saturated rings. The lowest BCUT2D eigenvalue weighted by Crippen LogP contribution is -2.27. The van der Waals surface area contributed by atoms with Crippen molar-refractivity contribution in [2.45, 2.75) is 13.2 Å². The molecule has 1 heterocycles. The molecular weight excluding hydrogens is 500 g/mol. The molecule has 1 saturated heterocycles. The molecule has 4 rings (SSSR count). The Bertz CT molecular complexity index is 1210. The molecule has 32 heavy (non-hydrogen) atoms. The third-order valence-electron chi connectivity index (χ3n) is 4.73. The maximum absolute atomic E-state index is 14.0. The number of halogens is 3. The minimum Gasteiger partial charge on any atom is -0.488 e. The molecule has 0 saturated carbocycles. The molecule has 0 N–H and O–H groups in total. The van der Waals surface area contributed by atoms with E-state index in [1.165, 1.54) is 24.3 Å². The Morgan fingerprint density at radius 1 is 1.00 bits per heavy atom. The van der Waals surface area contributed by atoms with E-state index < -0.39 is 17.0 Å². The highest BCUT2D eigenvalue weighted by Gasteiger charge is 2.35. The van der Waals surface area contributed by atoms with Gasteiger partial charge in [-0.2, -0.15) is 0 Å². The van der Waals surface area contributed by atoms with Crippen LogP contribution in [-0.2, 0) is 17.9 Å². The van der Waals surface area contributed by atoms with Gasteiger partial charge in [-0.3, -0.25) is 14.5 Å². The van der Waals surface area contributed by atoms with Crippen LogP contribution in [0.1, 0.15) is 16.7 Å². The van der Waals surface area contributed by atoms with Crippen LogP contribution in [0.25, 0.3) is 6.08 Å². The van der Waals surface area contributed by atoms with Crippen LogP contribution in [0.5, 0.6) is 5.75 Å². The maximum atomic E-state index is 14.0. The summed E-state index contributed by atoms with van der Waals surface area (Å²) in [5.74, 6) is -0.797. The van der Waals surface area contributed by atoms with Gasteiger partial charge in [-0.15, -0.1) is 0 Å². The van der Waals surface area contributed by atoms with Gasteiger partial charge < -0.3 is 4.74 Å². The summed E-state index contributed by atoms with van der Waals surface area (Å²) in [6, 6.07) is 17.3. The topological polar surface area (TPSA) is 46.6 Å². The summed E-state index contributed by atoms with van der Waals surface area (Å²) in [5.41, 5.74) is 1.64. The summed E-state index contributed by atoms with van der Waals surface area (Å²) >= 11 is 4.20. The Kier molecular flexibility index (Phi) is 6.72. The summed E-state index contributed by atoms with van der Waals surface area (Å²) in [6.45, 7) is 0.0681. The molecule has 1 aliphatic rings. The number of amides is 2. The average Bonchev–Trinajstić information content (AvgIpc) is 3.03. The quantitative estimate of drug-likeness (QED) is 0.349. The van der Waals surface area contributed by atoms with E-state index in [2.05, 4.69) is 15.9 Å². The van der Waals surface area contributed by atoms with E-state index in [4.69, 9.17) is 4.74 Å². The molecule has 1 aliphatic heterocycles. The zero-order valence-electron chi connectivity index (χ0n) is 16.6. The van der Waals surface area contributed by atoms with Crippen LogP contribution in [0.2, 0.25) is 0 Å². The van der Waals surface area contributed by atoms with Crippen molar-refractivity contribution < 1.29 is 23.1 Å². The Morgan fingerprint density at radius 2 is 1.75 bits per heavy atom. The van der Waals surface area contributed by atoms with E-state index in [1.807, 2.05) is 0 Å². The average molecular weight is 516 g/mol. The van der Waals surface area contributed by atoms with Gasteiger partial charge in [-0.25, -0.2) is 8.78 Å². The predicted molar refractivity (Wildman–Crippen MR) is 123 cm³/mol. The first-order valence-corrected chi connectivity index (χ1v) is 11.2. The van der Waals surface area contributed by atoms with Gasteiger partial charge in [0.05, 0.1) is 11.4 Å². The summed E-state index contributed by atoms with van der Waals surface area (Å²) in [5, 5.41) is -0.465. The normalized spacial score (nSPS) is 15.0. The number of thioether (sulfide) groups is 1. The molecule has 0 atom stereocenters. The first-order valence-electron chi connectivity index (χ1n) is 9.56. The molecule has 2 amide bonds. The summed E-state index contributed by atoms with van der Waals surface area (Å²) < 4.78 is 33.7. The molecule has 0 unspecified atom stereocenters. The molecule has 162 valence electrons. The van der Waals surface area contributed by atoms with E-state index in [0.29, 0.717) is 11.3 Å². The molecule has 0 spiro atoms. The fraction of sp³-hybridized carbons (Fsp3) is 0.0833. The van der Waals surface area contributed by atoms with Crippen molar-refractivity contribution in [1.82, 2.24) is 4.90 Å². The lowest BCUT2D eigenvalue weighted by Gasteiger charge is -2.13. The summed E-state index contributed by atoms with van der Waals surface area (Å²) in [6.07, 6.45) is 1.58. The third kappa shape index (κ3) is 5.08. The van der Waals surface area contributed by atoms with E-state index in [1.54, 1.807) is 48.5 Å². The Labute approximate surface area is 196 Å². The summed E-state index contributed by atoms with van der Waals surface area (Å²) in [4.78, 5) is 26.5. The van der Waals surface area contributed by atoms with Crippen molar-refractivity contribution in [3.05, 3.63) is 104 Å². The van der Waals surface area contributed by atoms with Gasteiger partial charge in [0.1, 0.15) is 24.0 Å². The largest absolute Gasteiger partial charge is 0.488 e. The molecule has 0 aliphatic carbocycles. The predicted octanol–water partition coefficient (Wildman–Crippen LogP) is 6.54. The first kappa shape index (κ1) is 22.2. The van der Waals surface area contributed by atoms with Crippen LogP contribution in [-0.4, -0.2) is 16.0 Å². The molecule has 0 aromatic heterocycles. The van der Waals surface area contributed by atoms with Gasteiger partial charge in [0.2, 0.25) is 0 Å². The number of hydrogen-bond donors (Lipinski definition) is 0. The van der Waals surface area contributed by atoms with E-state index in [9.17, 15) is 18.4 Å². The number of carbonyl (C=O) groups is 2. The van der Waals surface area contributed by atoms with Gasteiger partial charge in [-0.1, -0.05) is 46.3 Å². The molecule has 4 nitrogen and oxygen atoms in total. The fourth-order valence-corrected chi connectivity index (χ4v) is 4.29.